The summed E-state index contributed by atoms with van der Waals surface area (Å²) in [6.07, 6.45) is 2.29. The maximum Gasteiger partial charge on any atom is 2.00 e. The van der Waals surface area contributed by atoms with Crippen molar-refractivity contribution in [3.05, 3.63) is 35.9 Å². The number of carbonyl (C=O) groups is 3. The van der Waals surface area contributed by atoms with Crippen molar-refractivity contribution >= 4 is 25.7 Å². The smallest absolute Gasteiger partial charge is 0.822 e. The van der Waals surface area contributed by atoms with Crippen LogP contribution in [0.25, 0.3) is 0 Å². The van der Waals surface area contributed by atoms with Gasteiger partial charge < -0.3 is 34.0 Å². The number of carbonyl (C=O) groups excluding carboxylic acids is 2. The summed E-state index contributed by atoms with van der Waals surface area (Å²) in [6.45, 7) is 4.09. The van der Waals surface area contributed by atoms with E-state index in [1.54, 1.807) is 13.8 Å². The van der Waals surface area contributed by atoms with Crippen molar-refractivity contribution in [1.29, 1.82) is 0 Å². The van der Waals surface area contributed by atoms with Crippen LogP contribution in [-0.2, 0) is 47.2 Å². The largest absolute Gasteiger partial charge is 2.00 e. The van der Waals surface area contributed by atoms with Crippen molar-refractivity contribution in [1.82, 2.24) is 10.2 Å². The van der Waals surface area contributed by atoms with Gasteiger partial charge in [-0.15, -0.1) is 0 Å². The first-order valence-electron chi connectivity index (χ1n) is 10.2. The van der Waals surface area contributed by atoms with Gasteiger partial charge in [0.15, 0.2) is 0 Å². The first-order chi connectivity index (χ1) is 14.9. The van der Waals surface area contributed by atoms with Crippen LogP contribution >= 0.6 is 7.82 Å². The summed E-state index contributed by atoms with van der Waals surface area (Å²) >= 11 is 0. The Bertz CT molecular complexity index is 804. The van der Waals surface area contributed by atoms with Gasteiger partial charge in [-0.2, -0.15) is 7.82 Å². The molecular weight excluding hydrogens is 505 g/mol. The molecule has 0 bridgehead atoms. The van der Waals surface area contributed by atoms with Gasteiger partial charge >= 0.3 is 47.9 Å². The summed E-state index contributed by atoms with van der Waals surface area (Å²) in [4.78, 5) is 63.4. The number of carboxylic acids is 1. The van der Waals surface area contributed by atoms with Gasteiger partial charge in [-0.05, 0) is 45.1 Å². The number of nitrogens with one attached hydrogen (secondary N) is 1. The number of hydrogen-bond donors (Lipinski definition) is 2. The fraction of sp³-hybridized carbons (Fsp3) is 0.550. The molecule has 1 heterocycles. The zero-order valence-electron chi connectivity index (χ0n) is 19.3. The molecule has 0 aliphatic carbocycles. The van der Waals surface area contributed by atoms with E-state index in [-0.39, 0.29) is 48.4 Å². The molecule has 2 rings (SSSR count). The number of nitrogens with zero attached hydrogens (tertiary/aromatic N) is 1. The van der Waals surface area contributed by atoms with Gasteiger partial charge in [0.2, 0.25) is 5.91 Å². The number of benzene rings is 1. The van der Waals surface area contributed by atoms with Crippen LogP contribution in [0.4, 0.5) is 0 Å². The van der Waals surface area contributed by atoms with E-state index >= 15 is 0 Å². The van der Waals surface area contributed by atoms with Crippen molar-refractivity contribution < 1.29 is 79.4 Å². The maximum absolute atomic E-state index is 12.7. The summed E-state index contributed by atoms with van der Waals surface area (Å²) in [5.74, 6) is -1.68. The number of likely N-dealkylation sites (tertiary alicyclic amines) is 1. The Hall–Kier alpha value is -1.18. The Morgan fingerprint density at radius 2 is 1.79 bits per heavy atom. The fourth-order valence-corrected chi connectivity index (χ4v) is 3.38. The zero-order valence-corrected chi connectivity index (χ0v) is 21.4. The van der Waals surface area contributed by atoms with Gasteiger partial charge in [0.05, 0.1) is 12.6 Å². The second kappa shape index (κ2) is 17.3. The normalized spacial score (nSPS) is 16.6. The minimum Gasteiger partial charge on any atom is -0.822 e. The van der Waals surface area contributed by atoms with Gasteiger partial charge in [0.1, 0.15) is 12.1 Å². The second-order valence-corrected chi connectivity index (χ2v) is 8.09. The molecule has 0 aromatic heterocycles. The maximum atomic E-state index is 12.7. The van der Waals surface area contributed by atoms with Gasteiger partial charge in [-0.25, -0.2) is 4.79 Å². The second-order valence-electron chi connectivity index (χ2n) is 7.19. The topological polar surface area (TPSA) is 182 Å². The quantitative estimate of drug-likeness (QED) is 0.179. The number of phosphoric acid groups is 1. The first-order valence-corrected chi connectivity index (χ1v) is 11.6. The molecular formula is C20H28LiMnN2O9P. The van der Waals surface area contributed by atoms with Gasteiger partial charge in [0.25, 0.3) is 0 Å². The SMILES string of the molecule is CCOC(=O)[C@H](CCc1ccccc1)N[C@@H](C)C(=O)N1CCC[C@H]1C(=O)O.O=P([O-])([O-])[O-].[Li+].[Mn+2]. The van der Waals surface area contributed by atoms with Crippen LogP contribution < -0.4 is 38.9 Å². The van der Waals surface area contributed by atoms with E-state index in [0.29, 0.717) is 32.2 Å². The summed E-state index contributed by atoms with van der Waals surface area (Å²) in [5.41, 5.74) is 1.10. The number of esters is 1. The van der Waals surface area contributed by atoms with E-state index in [4.69, 9.17) is 24.0 Å². The van der Waals surface area contributed by atoms with Gasteiger partial charge in [0, 0.05) is 6.54 Å². The molecule has 1 fully saturated rings. The van der Waals surface area contributed by atoms with Crippen molar-refractivity contribution in [2.45, 2.75) is 57.7 Å². The number of aliphatic carboxylic acids is 1. The Morgan fingerprint density at radius 1 is 1.24 bits per heavy atom. The molecule has 0 saturated carbocycles. The van der Waals surface area contributed by atoms with Crippen LogP contribution in [0, 0.1) is 0 Å². The van der Waals surface area contributed by atoms with Gasteiger partial charge in [-0.1, -0.05) is 30.3 Å². The Morgan fingerprint density at radius 3 is 2.29 bits per heavy atom. The molecule has 185 valence electrons. The van der Waals surface area contributed by atoms with E-state index in [0.717, 1.165) is 5.56 Å². The predicted molar refractivity (Wildman–Crippen MR) is 108 cm³/mol. The number of hydrogen-bond acceptors (Lipinski definition) is 9. The molecule has 1 radical (unpaired) electrons. The molecule has 0 unspecified atom stereocenters. The predicted octanol–water partition coefficient (Wildman–Crippen LogP) is -4.22. The average Bonchev–Trinajstić information content (AvgIpc) is 3.20. The average molecular weight is 533 g/mol. The molecule has 1 aromatic rings. The molecule has 1 aliphatic heterocycles. The van der Waals surface area contributed by atoms with E-state index in [2.05, 4.69) is 5.32 Å². The van der Waals surface area contributed by atoms with E-state index < -0.39 is 37.9 Å². The Balaban J connectivity index is 0. The van der Waals surface area contributed by atoms with Crippen LogP contribution in [0.15, 0.2) is 30.3 Å². The van der Waals surface area contributed by atoms with Crippen molar-refractivity contribution in [3.63, 3.8) is 0 Å². The molecule has 11 nitrogen and oxygen atoms in total. The summed E-state index contributed by atoms with van der Waals surface area (Å²) in [7, 11) is -5.39. The number of carboxylic acid groups (broad SMARTS) is 1. The number of rotatable bonds is 9. The summed E-state index contributed by atoms with van der Waals surface area (Å²) in [6, 6.07) is 7.69. The first kappa shape index (κ1) is 35.0. The molecule has 2 N–H and O–H groups in total. The van der Waals surface area contributed by atoms with Crippen molar-refractivity contribution in [2.24, 2.45) is 0 Å². The molecule has 34 heavy (non-hydrogen) atoms. The van der Waals surface area contributed by atoms with Crippen LogP contribution in [-0.4, -0.2) is 59.1 Å². The molecule has 3 atom stereocenters. The monoisotopic (exact) mass is 533 g/mol. The van der Waals surface area contributed by atoms with Crippen LogP contribution in [0.2, 0.25) is 0 Å². The van der Waals surface area contributed by atoms with Crippen molar-refractivity contribution in [2.75, 3.05) is 13.2 Å². The number of ether oxygens (including phenoxy) is 1. The third-order valence-electron chi connectivity index (χ3n) is 4.78. The van der Waals surface area contributed by atoms with E-state index in [1.807, 2.05) is 30.3 Å². The number of aryl methyl sites for hydroxylation is 1. The summed E-state index contributed by atoms with van der Waals surface area (Å²) in [5, 5.41) is 12.3. The molecule has 1 saturated heterocycles. The van der Waals surface area contributed by atoms with Crippen LogP contribution in [0.3, 0.4) is 0 Å². The Kier molecular flexibility index (Phi) is 17.8. The minimum absolute atomic E-state index is 0. The fourth-order valence-electron chi connectivity index (χ4n) is 3.38. The minimum atomic E-state index is -5.39. The van der Waals surface area contributed by atoms with E-state index in [1.165, 1.54) is 4.90 Å². The summed E-state index contributed by atoms with van der Waals surface area (Å²) < 4.78 is 13.7. The number of amides is 1. The Labute approximate surface area is 221 Å². The van der Waals surface area contributed by atoms with Crippen molar-refractivity contribution in [3.8, 4) is 0 Å². The third kappa shape index (κ3) is 13.6. The van der Waals surface area contributed by atoms with E-state index in [9.17, 15) is 19.5 Å². The molecule has 14 heteroatoms. The van der Waals surface area contributed by atoms with Crippen LogP contribution in [0.1, 0.15) is 38.7 Å². The molecule has 0 spiro atoms. The molecule has 1 amide bonds. The third-order valence-corrected chi connectivity index (χ3v) is 4.78. The zero-order chi connectivity index (χ0) is 24.3. The standard InChI is InChI=1S/C20H28N2O5.Li.Mn.H3O4P/c1-3-27-20(26)16(12-11-15-8-5-4-6-9-15)21-14(2)18(23)22-13-7-10-17(22)19(24)25;;;1-5(2,3)4/h4-6,8-9,14,16-17,21H,3,7,10-13H2,1-2H3,(H,24,25);;;(H3,1,2,3,4)/q;+1;+2;/p-3/t14-,16-,17-;;;/m0.../s1. The molecule has 1 aliphatic rings. The van der Waals surface area contributed by atoms with Crippen LogP contribution in [0.5, 0.6) is 0 Å². The molecule has 1 aromatic carbocycles. The van der Waals surface area contributed by atoms with Gasteiger partial charge in [-0.3, -0.25) is 14.9 Å².